The topological polar surface area (TPSA) is 29.1 Å². The monoisotopic (exact) mass is 377 g/mol. The van der Waals surface area contributed by atoms with Crippen molar-refractivity contribution in [1.29, 1.82) is 0 Å². The first-order chi connectivity index (χ1) is 12.8. The summed E-state index contributed by atoms with van der Waals surface area (Å²) in [4.78, 5) is 13.0. The van der Waals surface area contributed by atoms with Gasteiger partial charge in [-0.3, -0.25) is 4.79 Å². The zero-order valence-corrected chi connectivity index (χ0v) is 16.7. The quantitative estimate of drug-likeness (QED) is 0.693. The van der Waals surface area contributed by atoms with Crippen LogP contribution in [0.15, 0.2) is 65.9 Å². The highest BCUT2D eigenvalue weighted by Gasteiger charge is 2.38. The van der Waals surface area contributed by atoms with E-state index in [1.807, 2.05) is 24.3 Å². The molecule has 3 heteroatoms. The molecule has 1 heterocycles. The van der Waals surface area contributed by atoms with Gasteiger partial charge >= 0.3 is 0 Å². The number of halogens is 1. The van der Waals surface area contributed by atoms with Gasteiger partial charge in [-0.1, -0.05) is 67.4 Å². The zero-order chi connectivity index (χ0) is 19.2. The molecule has 0 amide bonds. The molecule has 27 heavy (non-hydrogen) atoms. The lowest BCUT2D eigenvalue weighted by molar-refractivity contribution is -0.118. The van der Waals surface area contributed by atoms with Crippen molar-refractivity contribution in [2.45, 2.75) is 39.5 Å². The van der Waals surface area contributed by atoms with E-state index < -0.39 is 0 Å². The van der Waals surface area contributed by atoms with Crippen LogP contribution in [0.4, 0.5) is 0 Å². The van der Waals surface area contributed by atoms with E-state index in [0.717, 1.165) is 39.5 Å². The molecule has 0 saturated heterocycles. The number of carbonyl (C=O) groups excluding carboxylic acids is 1. The summed E-state index contributed by atoms with van der Waals surface area (Å²) < 4.78 is 0. The van der Waals surface area contributed by atoms with Gasteiger partial charge in [0, 0.05) is 34.3 Å². The summed E-state index contributed by atoms with van der Waals surface area (Å²) in [6, 6.07) is 16.4. The first kappa shape index (κ1) is 18.1. The van der Waals surface area contributed by atoms with E-state index in [9.17, 15) is 4.79 Å². The van der Waals surface area contributed by atoms with Crippen LogP contribution in [0.25, 0.3) is 5.70 Å². The molecule has 0 aromatic heterocycles. The van der Waals surface area contributed by atoms with Crippen LogP contribution in [0.3, 0.4) is 0 Å². The summed E-state index contributed by atoms with van der Waals surface area (Å²) in [7, 11) is 0. The molecule has 1 aliphatic heterocycles. The minimum atomic E-state index is -0.0246. The third-order valence-electron chi connectivity index (χ3n) is 5.44. The molecule has 1 atom stereocenters. The van der Waals surface area contributed by atoms with Crippen molar-refractivity contribution < 1.29 is 4.79 Å². The average molecular weight is 378 g/mol. The Kier molecular flexibility index (Phi) is 4.47. The SMILES string of the molecule is Cc1ccc(C2C=C(c3ccc(Cl)cc3)NC3=C2C(=O)CC(C)(C)C3)cc1. The van der Waals surface area contributed by atoms with Gasteiger partial charge in [-0.05, 0) is 48.1 Å². The maximum Gasteiger partial charge on any atom is 0.162 e. The van der Waals surface area contributed by atoms with Crippen LogP contribution >= 0.6 is 11.6 Å². The van der Waals surface area contributed by atoms with E-state index in [4.69, 9.17) is 11.6 Å². The molecule has 2 aromatic carbocycles. The molecule has 0 bridgehead atoms. The largest absolute Gasteiger partial charge is 0.358 e. The molecule has 0 saturated carbocycles. The van der Waals surface area contributed by atoms with Gasteiger partial charge < -0.3 is 5.32 Å². The van der Waals surface area contributed by atoms with E-state index >= 15 is 0 Å². The second kappa shape index (κ2) is 6.69. The number of hydrogen-bond acceptors (Lipinski definition) is 2. The van der Waals surface area contributed by atoms with Gasteiger partial charge in [0.15, 0.2) is 5.78 Å². The Morgan fingerprint density at radius 1 is 1.00 bits per heavy atom. The van der Waals surface area contributed by atoms with E-state index in [0.29, 0.717) is 6.42 Å². The number of hydrogen-bond donors (Lipinski definition) is 1. The normalized spacial score (nSPS) is 21.4. The molecule has 2 aliphatic rings. The summed E-state index contributed by atoms with van der Waals surface area (Å²) in [5.41, 5.74) is 6.47. The van der Waals surface area contributed by atoms with Crippen molar-refractivity contribution in [3.63, 3.8) is 0 Å². The van der Waals surface area contributed by atoms with Crippen LogP contribution in [-0.2, 0) is 4.79 Å². The minimum absolute atomic E-state index is 0.0175. The average Bonchev–Trinajstić information content (AvgIpc) is 2.61. The summed E-state index contributed by atoms with van der Waals surface area (Å²) in [5.74, 6) is 0.238. The fourth-order valence-corrected chi connectivity index (χ4v) is 4.22. The van der Waals surface area contributed by atoms with Gasteiger partial charge in [0.25, 0.3) is 0 Å². The summed E-state index contributed by atoms with van der Waals surface area (Å²) in [6.45, 7) is 6.41. The Hall–Kier alpha value is -2.32. The Labute approximate surface area is 165 Å². The molecule has 1 unspecified atom stereocenters. The van der Waals surface area contributed by atoms with E-state index in [1.54, 1.807) is 0 Å². The van der Waals surface area contributed by atoms with Gasteiger partial charge in [0.05, 0.1) is 0 Å². The van der Waals surface area contributed by atoms with Crippen molar-refractivity contribution in [2.75, 3.05) is 0 Å². The van der Waals surface area contributed by atoms with Crippen LogP contribution in [0.5, 0.6) is 0 Å². The van der Waals surface area contributed by atoms with Crippen LogP contribution in [-0.4, -0.2) is 5.78 Å². The number of ketones is 1. The highest BCUT2D eigenvalue weighted by atomic mass is 35.5. The summed E-state index contributed by atoms with van der Waals surface area (Å²) >= 11 is 6.06. The number of rotatable bonds is 2. The van der Waals surface area contributed by atoms with Gasteiger partial charge in [0.1, 0.15) is 0 Å². The Morgan fingerprint density at radius 2 is 1.67 bits per heavy atom. The second-order valence-electron chi connectivity index (χ2n) is 8.43. The number of allylic oxidation sites excluding steroid dienone is 3. The molecule has 1 N–H and O–H groups in total. The fourth-order valence-electron chi connectivity index (χ4n) is 4.10. The summed E-state index contributed by atoms with van der Waals surface area (Å²) in [5, 5.41) is 4.29. The molecule has 0 fully saturated rings. The molecule has 1 aliphatic carbocycles. The maximum atomic E-state index is 13.0. The lowest BCUT2D eigenvalue weighted by Gasteiger charge is -2.38. The Balaban J connectivity index is 1.83. The van der Waals surface area contributed by atoms with Crippen LogP contribution in [0.2, 0.25) is 5.02 Å². The van der Waals surface area contributed by atoms with Crippen LogP contribution in [0, 0.1) is 12.3 Å². The fraction of sp³-hybridized carbons (Fsp3) is 0.292. The Bertz CT molecular complexity index is 949. The summed E-state index contributed by atoms with van der Waals surface area (Å²) in [6.07, 6.45) is 3.66. The first-order valence-corrected chi connectivity index (χ1v) is 9.78. The number of aryl methyl sites for hydroxylation is 1. The first-order valence-electron chi connectivity index (χ1n) is 9.40. The van der Waals surface area contributed by atoms with Crippen LogP contribution < -0.4 is 5.32 Å². The van der Waals surface area contributed by atoms with Crippen molar-refractivity contribution in [2.24, 2.45) is 5.41 Å². The molecule has 0 radical (unpaired) electrons. The third kappa shape index (κ3) is 3.59. The number of nitrogens with one attached hydrogen (secondary N) is 1. The molecular formula is C24H24ClNO. The number of dihydropyridines is 1. The third-order valence-corrected chi connectivity index (χ3v) is 5.69. The van der Waals surface area contributed by atoms with Crippen molar-refractivity contribution >= 4 is 23.1 Å². The van der Waals surface area contributed by atoms with Crippen molar-refractivity contribution in [1.82, 2.24) is 5.32 Å². The highest BCUT2D eigenvalue weighted by Crippen LogP contribution is 2.44. The molecule has 2 aromatic rings. The van der Waals surface area contributed by atoms with Gasteiger partial charge in [-0.25, -0.2) is 0 Å². The van der Waals surface area contributed by atoms with Crippen molar-refractivity contribution in [3.8, 4) is 0 Å². The predicted octanol–water partition coefficient (Wildman–Crippen LogP) is 6.02. The van der Waals surface area contributed by atoms with E-state index in [1.165, 1.54) is 5.56 Å². The van der Waals surface area contributed by atoms with Crippen LogP contribution in [0.1, 0.15) is 49.3 Å². The molecular weight excluding hydrogens is 354 g/mol. The highest BCUT2D eigenvalue weighted by molar-refractivity contribution is 6.30. The number of carbonyl (C=O) groups is 1. The lowest BCUT2D eigenvalue weighted by Crippen LogP contribution is -2.35. The van der Waals surface area contributed by atoms with Gasteiger partial charge in [-0.2, -0.15) is 0 Å². The van der Waals surface area contributed by atoms with E-state index in [-0.39, 0.29) is 17.1 Å². The standard InChI is InChI=1S/C24H24ClNO/c1-15-4-6-16(7-5-15)19-12-20(17-8-10-18(25)11-9-17)26-21-13-24(2,3)14-22(27)23(19)21/h4-12,19,26H,13-14H2,1-3H3. The Morgan fingerprint density at radius 3 is 2.33 bits per heavy atom. The molecule has 4 rings (SSSR count). The van der Waals surface area contributed by atoms with Gasteiger partial charge in [-0.15, -0.1) is 0 Å². The zero-order valence-electron chi connectivity index (χ0n) is 16.0. The smallest absolute Gasteiger partial charge is 0.162 e. The van der Waals surface area contributed by atoms with Crippen molar-refractivity contribution in [3.05, 3.63) is 87.6 Å². The molecule has 2 nitrogen and oxygen atoms in total. The maximum absolute atomic E-state index is 13.0. The van der Waals surface area contributed by atoms with Gasteiger partial charge in [0.2, 0.25) is 0 Å². The van der Waals surface area contributed by atoms with E-state index in [2.05, 4.69) is 56.4 Å². The lowest BCUT2D eigenvalue weighted by atomic mass is 9.70. The minimum Gasteiger partial charge on any atom is -0.358 e. The molecule has 0 spiro atoms. The molecule has 138 valence electrons. The predicted molar refractivity (Wildman–Crippen MR) is 112 cm³/mol. The number of Topliss-reactive ketones (excluding diaryl/α,β-unsaturated/α-hetero) is 1. The number of benzene rings is 2. The second-order valence-corrected chi connectivity index (χ2v) is 8.87.